The maximum absolute atomic E-state index is 15.0. The SMILES string of the molecule is COc1cccc(F)c1N1CCCc2c(nc(OC[C@@H]3CCCN3C)nc2N2CCNC(CC#N)C2)C1. The van der Waals surface area contributed by atoms with Gasteiger partial charge in [0.25, 0.3) is 0 Å². The van der Waals surface area contributed by atoms with Crippen molar-refractivity contribution >= 4 is 11.5 Å². The second-order valence-electron chi connectivity index (χ2n) is 10.1. The van der Waals surface area contributed by atoms with Crippen molar-refractivity contribution in [2.24, 2.45) is 0 Å². The number of para-hydroxylation sites is 1. The first-order valence-electron chi connectivity index (χ1n) is 13.2. The smallest absolute Gasteiger partial charge is 0.318 e. The lowest BCUT2D eigenvalue weighted by atomic mass is 10.1. The Bertz CT molecular complexity index is 1140. The number of aromatic nitrogens is 2. The minimum absolute atomic E-state index is 0.0887. The highest BCUT2D eigenvalue weighted by Gasteiger charge is 2.29. The van der Waals surface area contributed by atoms with Crippen molar-refractivity contribution in [3.8, 4) is 17.8 Å². The highest BCUT2D eigenvalue weighted by Crippen LogP contribution is 2.36. The number of benzene rings is 1. The molecule has 1 N–H and O–H groups in total. The van der Waals surface area contributed by atoms with Gasteiger partial charge in [0.2, 0.25) is 0 Å². The summed E-state index contributed by atoms with van der Waals surface area (Å²) < 4.78 is 26.7. The van der Waals surface area contributed by atoms with Crippen LogP contribution in [0.4, 0.5) is 15.9 Å². The number of halogens is 1. The lowest BCUT2D eigenvalue weighted by Crippen LogP contribution is -2.51. The van der Waals surface area contributed by atoms with E-state index < -0.39 is 0 Å². The van der Waals surface area contributed by atoms with Crippen LogP contribution in [0.3, 0.4) is 0 Å². The Balaban J connectivity index is 1.49. The predicted molar refractivity (Wildman–Crippen MR) is 140 cm³/mol. The van der Waals surface area contributed by atoms with Crippen LogP contribution in [-0.4, -0.2) is 80.4 Å². The number of anilines is 2. The Morgan fingerprint density at radius 2 is 2.08 bits per heavy atom. The second kappa shape index (κ2) is 11.5. The molecule has 0 amide bonds. The van der Waals surface area contributed by atoms with Gasteiger partial charge in [-0.1, -0.05) is 6.07 Å². The number of nitrogens with one attached hydrogen (secondary N) is 1. The molecule has 2 atom stereocenters. The third-order valence-corrected chi connectivity index (χ3v) is 7.70. The number of ether oxygens (including phenoxy) is 2. The van der Waals surface area contributed by atoms with E-state index in [1.165, 1.54) is 12.5 Å². The fourth-order valence-corrected chi connectivity index (χ4v) is 5.70. The molecule has 2 fully saturated rings. The van der Waals surface area contributed by atoms with Crippen molar-refractivity contribution in [1.29, 1.82) is 5.26 Å². The monoisotopic (exact) mass is 509 g/mol. The van der Waals surface area contributed by atoms with Gasteiger partial charge in [0.1, 0.15) is 29.7 Å². The number of likely N-dealkylation sites (tertiary alicyclic amines) is 1. The number of hydrogen-bond donors (Lipinski definition) is 1. The number of rotatable bonds is 7. The molecule has 0 spiro atoms. The maximum Gasteiger partial charge on any atom is 0.318 e. The van der Waals surface area contributed by atoms with Crippen LogP contribution >= 0.6 is 0 Å². The van der Waals surface area contributed by atoms with E-state index in [2.05, 4.69) is 28.2 Å². The van der Waals surface area contributed by atoms with Gasteiger partial charge in [-0.05, 0) is 51.4 Å². The van der Waals surface area contributed by atoms with Crippen LogP contribution in [0.5, 0.6) is 11.8 Å². The van der Waals surface area contributed by atoms with Crippen LogP contribution in [0.1, 0.15) is 36.9 Å². The first-order chi connectivity index (χ1) is 18.1. The molecule has 0 bridgehead atoms. The molecular formula is C27H36FN7O2. The topological polar surface area (TPSA) is 89.8 Å². The van der Waals surface area contributed by atoms with Crippen LogP contribution in [0.15, 0.2) is 18.2 Å². The molecule has 10 heteroatoms. The molecule has 0 aliphatic carbocycles. The normalized spacial score (nSPS) is 22.3. The van der Waals surface area contributed by atoms with Gasteiger partial charge in [0.05, 0.1) is 31.8 Å². The average Bonchev–Trinajstić information content (AvgIpc) is 3.20. The average molecular weight is 510 g/mol. The highest BCUT2D eigenvalue weighted by molar-refractivity contribution is 5.61. The van der Waals surface area contributed by atoms with Gasteiger partial charge in [-0.25, -0.2) is 4.39 Å². The first kappa shape index (κ1) is 25.5. The molecule has 37 heavy (non-hydrogen) atoms. The molecule has 198 valence electrons. The summed E-state index contributed by atoms with van der Waals surface area (Å²) in [5, 5.41) is 12.7. The Morgan fingerprint density at radius 1 is 1.19 bits per heavy atom. The van der Waals surface area contributed by atoms with Crippen molar-refractivity contribution < 1.29 is 13.9 Å². The zero-order chi connectivity index (χ0) is 25.8. The standard InChI is InChI=1S/C27H36FN7O2/c1-33-13-4-6-20(33)18-37-27-31-23-17-34(25-22(28)8-3-9-24(25)36-2)14-5-7-21(23)26(32-27)35-15-12-30-19(16-35)10-11-29/h3,8-9,19-20,30H,4-7,10,12-18H2,1-2H3/t19?,20-/m0/s1. The molecule has 9 nitrogen and oxygen atoms in total. The largest absolute Gasteiger partial charge is 0.494 e. The van der Waals surface area contributed by atoms with Crippen molar-refractivity contribution in [3.63, 3.8) is 0 Å². The molecule has 2 saturated heterocycles. The van der Waals surface area contributed by atoms with E-state index >= 15 is 4.39 Å². The molecule has 3 aliphatic heterocycles. The molecule has 3 aliphatic rings. The second-order valence-corrected chi connectivity index (χ2v) is 10.1. The van der Waals surface area contributed by atoms with Gasteiger partial charge in [0.15, 0.2) is 0 Å². The molecule has 1 aromatic heterocycles. The van der Waals surface area contributed by atoms with E-state index in [9.17, 15) is 5.26 Å². The van der Waals surface area contributed by atoms with Crippen LogP contribution < -0.4 is 24.6 Å². The van der Waals surface area contributed by atoms with E-state index in [-0.39, 0.29) is 11.9 Å². The fourth-order valence-electron chi connectivity index (χ4n) is 5.70. The zero-order valence-corrected chi connectivity index (χ0v) is 21.7. The van der Waals surface area contributed by atoms with Crippen LogP contribution in [0.25, 0.3) is 0 Å². The van der Waals surface area contributed by atoms with Gasteiger partial charge in [0, 0.05) is 43.8 Å². The molecule has 2 aromatic rings. The molecule has 4 heterocycles. The molecule has 1 aromatic carbocycles. The third-order valence-electron chi connectivity index (χ3n) is 7.70. The van der Waals surface area contributed by atoms with E-state index in [1.54, 1.807) is 19.2 Å². The minimum Gasteiger partial charge on any atom is -0.494 e. The van der Waals surface area contributed by atoms with Crippen molar-refractivity contribution in [3.05, 3.63) is 35.3 Å². The maximum atomic E-state index is 15.0. The third kappa shape index (κ3) is 5.58. The summed E-state index contributed by atoms with van der Waals surface area (Å²) >= 11 is 0. The number of fused-ring (bicyclic) bond motifs is 1. The van der Waals surface area contributed by atoms with Gasteiger partial charge in [-0.15, -0.1) is 0 Å². The number of piperazine rings is 1. The van der Waals surface area contributed by atoms with Gasteiger partial charge >= 0.3 is 6.01 Å². The Kier molecular flexibility index (Phi) is 7.91. The number of nitrogens with zero attached hydrogens (tertiary/aromatic N) is 6. The van der Waals surface area contributed by atoms with Crippen molar-refractivity contribution in [2.45, 2.75) is 50.7 Å². The van der Waals surface area contributed by atoms with Crippen LogP contribution in [0, 0.1) is 17.1 Å². The summed E-state index contributed by atoms with van der Waals surface area (Å²) in [6.07, 6.45) is 4.34. The Morgan fingerprint density at radius 3 is 2.86 bits per heavy atom. The molecule has 5 rings (SSSR count). The van der Waals surface area contributed by atoms with Gasteiger partial charge in [-0.3, -0.25) is 0 Å². The summed E-state index contributed by atoms with van der Waals surface area (Å²) in [5.41, 5.74) is 2.41. The molecule has 0 saturated carbocycles. The number of nitriles is 1. The lowest BCUT2D eigenvalue weighted by Gasteiger charge is -2.35. The minimum atomic E-state index is -0.306. The van der Waals surface area contributed by atoms with Crippen molar-refractivity contribution in [1.82, 2.24) is 20.2 Å². The fraction of sp³-hybridized carbons (Fsp3) is 0.593. The van der Waals surface area contributed by atoms with E-state index in [0.717, 1.165) is 56.0 Å². The Labute approximate surface area is 218 Å². The first-order valence-corrected chi connectivity index (χ1v) is 13.2. The van der Waals surface area contributed by atoms with Crippen LogP contribution in [0.2, 0.25) is 0 Å². The quantitative estimate of drug-likeness (QED) is 0.605. The highest BCUT2D eigenvalue weighted by atomic mass is 19.1. The zero-order valence-electron chi connectivity index (χ0n) is 21.7. The summed E-state index contributed by atoms with van der Waals surface area (Å²) in [6.45, 7) is 5.01. The summed E-state index contributed by atoms with van der Waals surface area (Å²) in [5.74, 6) is 1.09. The van der Waals surface area contributed by atoms with Crippen molar-refractivity contribution in [2.75, 3.05) is 63.3 Å². The Hall–Kier alpha value is -3.16. The van der Waals surface area contributed by atoms with Gasteiger partial charge in [-0.2, -0.15) is 15.2 Å². The number of likely N-dealkylation sites (N-methyl/N-ethyl adjacent to an activating group) is 1. The van der Waals surface area contributed by atoms with E-state index in [4.69, 9.17) is 19.4 Å². The number of methoxy groups -OCH3 is 1. The molecule has 1 unspecified atom stereocenters. The van der Waals surface area contributed by atoms with E-state index in [0.29, 0.717) is 56.2 Å². The van der Waals surface area contributed by atoms with E-state index in [1.807, 2.05) is 4.90 Å². The van der Waals surface area contributed by atoms with Crippen LogP contribution in [-0.2, 0) is 13.0 Å². The molecular weight excluding hydrogens is 473 g/mol. The summed E-state index contributed by atoms with van der Waals surface area (Å²) in [4.78, 5) is 16.4. The lowest BCUT2D eigenvalue weighted by molar-refractivity contribution is 0.187. The van der Waals surface area contributed by atoms with Gasteiger partial charge < -0.3 is 29.5 Å². The predicted octanol–water partition coefficient (Wildman–Crippen LogP) is 2.74. The summed E-state index contributed by atoms with van der Waals surface area (Å²) in [6, 6.07) is 8.02. The summed E-state index contributed by atoms with van der Waals surface area (Å²) in [7, 11) is 3.69. The number of hydrogen-bond acceptors (Lipinski definition) is 9. The molecule has 0 radical (unpaired) electrons.